The fraction of sp³-hybridized carbons (Fsp3) is 0.933. The molecule has 0 aliphatic heterocycles. The van der Waals surface area contributed by atoms with E-state index in [1.807, 2.05) is 0 Å². The number of rotatable bonds is 0. The maximum absolute atomic E-state index is 10.9. The summed E-state index contributed by atoms with van der Waals surface area (Å²) >= 11 is 0. The van der Waals surface area contributed by atoms with Crippen molar-refractivity contribution in [3.8, 4) is 0 Å². The monoisotopic (exact) mass is 426 g/mol. The Labute approximate surface area is 192 Å². The van der Waals surface area contributed by atoms with E-state index in [2.05, 4.69) is 61.5 Å². The van der Waals surface area contributed by atoms with Crippen LogP contribution in [-0.4, -0.2) is 11.2 Å². The van der Waals surface area contributed by atoms with Crippen LogP contribution >= 0.6 is 0 Å². The first kappa shape index (κ1) is 22.5. The normalized spacial score (nSPS) is 58.3. The lowest BCUT2D eigenvalue weighted by Gasteiger charge is -2.73. The lowest BCUT2D eigenvalue weighted by molar-refractivity contribution is -0.250. The van der Waals surface area contributed by atoms with Crippen molar-refractivity contribution in [1.29, 1.82) is 0 Å². The molecule has 5 rings (SSSR count). The highest BCUT2D eigenvalue weighted by atomic mass is 16.3. The van der Waals surface area contributed by atoms with Gasteiger partial charge in [0.2, 0.25) is 0 Å². The molecule has 1 unspecified atom stereocenters. The summed E-state index contributed by atoms with van der Waals surface area (Å²) in [6.45, 7) is 20.5. The number of hydrogen-bond donors (Lipinski definition) is 1. The largest absolute Gasteiger partial charge is 0.393 e. The second-order valence-electron chi connectivity index (χ2n) is 14.7. The molecule has 10 atom stereocenters. The minimum absolute atomic E-state index is 0.0665. The standard InChI is InChI=1S/C30H50O/c1-19-11-14-27(5)17-18-29(7)21(25(27)20(19)2)9-10-23-28(6)15-13-24(31)26(3,4)22(28)12-16-30(23,29)8/h11,20-25,31H,9-10,12-18H2,1-8H3/t20-,21-,22?,23-,24+,25-,27-,28+,29-,30-/m1/s1. The Hall–Kier alpha value is -0.300. The molecule has 0 aromatic heterocycles. The minimum atomic E-state index is -0.116. The molecule has 0 amide bonds. The first-order chi connectivity index (χ1) is 14.3. The summed E-state index contributed by atoms with van der Waals surface area (Å²) in [6, 6.07) is 0. The van der Waals surface area contributed by atoms with Crippen LogP contribution in [0.1, 0.15) is 113 Å². The lowest BCUT2D eigenvalue weighted by Crippen LogP contribution is -2.67. The number of hydrogen-bond acceptors (Lipinski definition) is 1. The van der Waals surface area contributed by atoms with Crippen LogP contribution in [-0.2, 0) is 0 Å². The fourth-order valence-electron chi connectivity index (χ4n) is 11.3. The van der Waals surface area contributed by atoms with Crippen molar-refractivity contribution in [2.75, 3.05) is 0 Å². The lowest BCUT2D eigenvalue weighted by atomic mass is 9.31. The predicted molar refractivity (Wildman–Crippen MR) is 131 cm³/mol. The zero-order valence-corrected chi connectivity index (χ0v) is 21.9. The van der Waals surface area contributed by atoms with Gasteiger partial charge in [0.05, 0.1) is 6.10 Å². The van der Waals surface area contributed by atoms with Crippen LogP contribution in [0.5, 0.6) is 0 Å². The van der Waals surface area contributed by atoms with Gasteiger partial charge in [-0.1, -0.05) is 60.1 Å². The second kappa shape index (κ2) is 6.64. The summed E-state index contributed by atoms with van der Waals surface area (Å²) < 4.78 is 0. The Bertz CT molecular complexity index is 779. The van der Waals surface area contributed by atoms with Crippen molar-refractivity contribution in [3.05, 3.63) is 11.6 Å². The molecular weight excluding hydrogens is 376 g/mol. The van der Waals surface area contributed by atoms with Gasteiger partial charge in [-0.05, 0) is 121 Å². The molecule has 0 saturated heterocycles. The number of allylic oxidation sites excluding steroid dienone is 2. The van der Waals surface area contributed by atoms with E-state index in [9.17, 15) is 5.11 Å². The van der Waals surface area contributed by atoms with E-state index in [0.717, 1.165) is 30.1 Å². The smallest absolute Gasteiger partial charge is 0.0594 e. The molecule has 1 nitrogen and oxygen atoms in total. The Balaban J connectivity index is 1.55. The molecule has 0 heterocycles. The Kier molecular flexibility index (Phi) is 4.82. The minimum Gasteiger partial charge on any atom is -0.393 e. The van der Waals surface area contributed by atoms with Crippen molar-refractivity contribution in [2.45, 2.75) is 119 Å². The molecule has 0 aromatic carbocycles. The highest BCUT2D eigenvalue weighted by Gasteiger charge is 2.69. The maximum Gasteiger partial charge on any atom is 0.0594 e. The van der Waals surface area contributed by atoms with Crippen molar-refractivity contribution >= 4 is 0 Å². The topological polar surface area (TPSA) is 20.2 Å². The molecule has 176 valence electrons. The summed E-state index contributed by atoms with van der Waals surface area (Å²) in [5.41, 5.74) is 3.58. The highest BCUT2D eigenvalue weighted by Crippen LogP contribution is 2.76. The molecule has 0 spiro atoms. The van der Waals surface area contributed by atoms with E-state index in [1.54, 1.807) is 5.57 Å². The first-order valence-electron chi connectivity index (χ1n) is 13.7. The van der Waals surface area contributed by atoms with Gasteiger partial charge in [0, 0.05) is 0 Å². The number of aliphatic hydroxyl groups is 1. The zero-order chi connectivity index (χ0) is 22.6. The highest BCUT2D eigenvalue weighted by molar-refractivity contribution is 5.22. The molecule has 4 saturated carbocycles. The van der Waals surface area contributed by atoms with Gasteiger partial charge in [-0.2, -0.15) is 0 Å². The van der Waals surface area contributed by atoms with Crippen LogP contribution in [0.15, 0.2) is 11.6 Å². The van der Waals surface area contributed by atoms with Crippen molar-refractivity contribution < 1.29 is 5.11 Å². The molecule has 5 aliphatic carbocycles. The summed E-state index contributed by atoms with van der Waals surface area (Å²) in [7, 11) is 0. The number of fused-ring (bicyclic) bond motifs is 7. The van der Waals surface area contributed by atoms with E-state index in [1.165, 1.54) is 51.4 Å². The molecular formula is C30H50O. The third kappa shape index (κ3) is 2.65. The molecule has 5 aliphatic rings. The molecule has 0 aromatic rings. The maximum atomic E-state index is 10.9. The number of aliphatic hydroxyl groups excluding tert-OH is 1. The Morgan fingerprint density at radius 2 is 1.52 bits per heavy atom. The van der Waals surface area contributed by atoms with Crippen LogP contribution in [0.25, 0.3) is 0 Å². The zero-order valence-electron chi connectivity index (χ0n) is 21.9. The Morgan fingerprint density at radius 3 is 2.23 bits per heavy atom. The average molecular weight is 427 g/mol. The predicted octanol–water partition coefficient (Wildman–Crippen LogP) is 8.02. The van der Waals surface area contributed by atoms with Gasteiger partial charge in [-0.15, -0.1) is 0 Å². The van der Waals surface area contributed by atoms with Crippen LogP contribution in [0.2, 0.25) is 0 Å². The van der Waals surface area contributed by atoms with Gasteiger partial charge in [0.25, 0.3) is 0 Å². The SMILES string of the molecule is CC1=CC[C@]2(C)CC[C@]3(C)[C@H](CC[C@@H]4[C@@]5(C)CC[C@H](O)C(C)(C)C5CC[C@]43C)[C@H]2[C@@H]1C. The van der Waals surface area contributed by atoms with E-state index in [0.29, 0.717) is 27.6 Å². The fourth-order valence-corrected chi connectivity index (χ4v) is 11.3. The van der Waals surface area contributed by atoms with E-state index < -0.39 is 0 Å². The van der Waals surface area contributed by atoms with Crippen molar-refractivity contribution in [2.24, 2.45) is 56.7 Å². The van der Waals surface area contributed by atoms with Gasteiger partial charge >= 0.3 is 0 Å². The van der Waals surface area contributed by atoms with E-state index >= 15 is 0 Å². The summed E-state index contributed by atoms with van der Waals surface area (Å²) in [6.07, 6.45) is 14.5. The van der Waals surface area contributed by atoms with Gasteiger partial charge in [-0.3, -0.25) is 0 Å². The quantitative estimate of drug-likeness (QED) is 0.389. The van der Waals surface area contributed by atoms with Gasteiger partial charge < -0.3 is 5.11 Å². The van der Waals surface area contributed by atoms with Gasteiger partial charge in [0.1, 0.15) is 0 Å². The summed E-state index contributed by atoms with van der Waals surface area (Å²) in [5, 5.41) is 10.9. The Morgan fingerprint density at radius 1 is 0.806 bits per heavy atom. The third-order valence-corrected chi connectivity index (χ3v) is 13.5. The van der Waals surface area contributed by atoms with E-state index in [4.69, 9.17) is 0 Å². The van der Waals surface area contributed by atoms with Crippen LogP contribution in [0.4, 0.5) is 0 Å². The molecule has 1 N–H and O–H groups in total. The van der Waals surface area contributed by atoms with E-state index in [-0.39, 0.29) is 11.5 Å². The van der Waals surface area contributed by atoms with Gasteiger partial charge in [-0.25, -0.2) is 0 Å². The van der Waals surface area contributed by atoms with Crippen LogP contribution in [0.3, 0.4) is 0 Å². The van der Waals surface area contributed by atoms with Gasteiger partial charge in [0.15, 0.2) is 0 Å². The van der Waals surface area contributed by atoms with Crippen LogP contribution < -0.4 is 0 Å². The summed E-state index contributed by atoms with van der Waals surface area (Å²) in [4.78, 5) is 0. The first-order valence-corrected chi connectivity index (χ1v) is 13.7. The molecule has 0 bridgehead atoms. The third-order valence-electron chi connectivity index (χ3n) is 13.5. The second-order valence-corrected chi connectivity index (χ2v) is 14.7. The molecule has 4 fully saturated rings. The van der Waals surface area contributed by atoms with Crippen LogP contribution in [0, 0.1) is 56.7 Å². The summed E-state index contributed by atoms with van der Waals surface area (Å²) in [5.74, 6) is 4.00. The van der Waals surface area contributed by atoms with Crippen molar-refractivity contribution in [1.82, 2.24) is 0 Å². The molecule has 1 heteroatoms. The molecule has 0 radical (unpaired) electrons. The average Bonchev–Trinajstić information content (AvgIpc) is 2.69. The molecule has 31 heavy (non-hydrogen) atoms. The van der Waals surface area contributed by atoms with Crippen molar-refractivity contribution in [3.63, 3.8) is 0 Å².